The average molecular weight is 433 g/mol. The van der Waals surface area contributed by atoms with Crippen LogP contribution >= 0.6 is 0 Å². The molecule has 1 saturated carbocycles. The number of nitrogens with zero attached hydrogens (tertiary/aromatic N) is 1. The molecule has 0 unspecified atom stereocenters. The third kappa shape index (κ3) is 6.00. The summed E-state index contributed by atoms with van der Waals surface area (Å²) in [4.78, 5) is 29.2. The summed E-state index contributed by atoms with van der Waals surface area (Å²) in [5.74, 6) is 1.65. The zero-order chi connectivity index (χ0) is 22.2. The van der Waals surface area contributed by atoms with E-state index in [1.54, 1.807) is 6.07 Å². The predicted molar refractivity (Wildman–Crippen MR) is 129 cm³/mol. The van der Waals surface area contributed by atoms with Crippen LogP contribution in [-0.2, 0) is 4.79 Å². The molecular weight excluding hydrogens is 400 g/mol. The summed E-state index contributed by atoms with van der Waals surface area (Å²) in [6.45, 7) is 1.27. The van der Waals surface area contributed by atoms with E-state index in [4.69, 9.17) is 4.74 Å². The van der Waals surface area contributed by atoms with Crippen molar-refractivity contribution in [2.24, 2.45) is 5.92 Å². The molecule has 1 heterocycles. The summed E-state index contributed by atoms with van der Waals surface area (Å²) in [5.41, 5.74) is 1.66. The van der Waals surface area contributed by atoms with Crippen molar-refractivity contribution in [3.8, 4) is 5.75 Å². The number of fused-ring (bicyclic) bond motifs is 1. The smallest absolute Gasteiger partial charge is 0.248 e. The molecule has 0 aliphatic heterocycles. The number of aromatic nitrogens is 1. The molecule has 0 spiro atoms. The van der Waals surface area contributed by atoms with Crippen LogP contribution in [0.15, 0.2) is 65.5 Å². The number of amides is 1. The fraction of sp³-hybridized carbons (Fsp3) is 0.407. The first-order valence-corrected chi connectivity index (χ1v) is 11.8. The number of carbonyl (C=O) groups is 1. The van der Waals surface area contributed by atoms with Gasteiger partial charge in [-0.05, 0) is 55.2 Å². The Bertz CT molecular complexity index is 1070. The van der Waals surface area contributed by atoms with E-state index in [0.29, 0.717) is 19.4 Å². The quantitative estimate of drug-likeness (QED) is 0.442. The fourth-order valence-corrected chi connectivity index (χ4v) is 4.56. The number of rotatable bonds is 9. The lowest BCUT2D eigenvalue weighted by molar-refractivity contribution is -0.118. The molecule has 1 fully saturated rings. The first kappa shape index (κ1) is 22.1. The molecule has 4 rings (SSSR count). The van der Waals surface area contributed by atoms with Crippen LogP contribution in [0.4, 0.5) is 5.69 Å². The number of nitrogens with one attached hydrogen (secondary N) is 1. The van der Waals surface area contributed by atoms with Crippen molar-refractivity contribution < 1.29 is 9.53 Å². The monoisotopic (exact) mass is 432 g/mol. The van der Waals surface area contributed by atoms with Gasteiger partial charge in [0.1, 0.15) is 5.75 Å². The molecule has 168 valence electrons. The van der Waals surface area contributed by atoms with Crippen molar-refractivity contribution in [3.63, 3.8) is 0 Å². The number of pyridine rings is 1. The van der Waals surface area contributed by atoms with Gasteiger partial charge in [-0.2, -0.15) is 0 Å². The molecule has 1 aromatic heterocycles. The average Bonchev–Trinajstić information content (AvgIpc) is 2.83. The lowest BCUT2D eigenvalue weighted by Crippen LogP contribution is -2.33. The van der Waals surface area contributed by atoms with E-state index < -0.39 is 0 Å². The van der Waals surface area contributed by atoms with Gasteiger partial charge in [0, 0.05) is 35.6 Å². The van der Waals surface area contributed by atoms with Gasteiger partial charge >= 0.3 is 0 Å². The lowest BCUT2D eigenvalue weighted by atomic mass is 9.87. The highest BCUT2D eigenvalue weighted by Crippen LogP contribution is 2.27. The van der Waals surface area contributed by atoms with Crippen molar-refractivity contribution in [1.82, 2.24) is 4.98 Å². The molecule has 3 aromatic rings. The maximum Gasteiger partial charge on any atom is 0.248 e. The van der Waals surface area contributed by atoms with E-state index in [9.17, 15) is 9.59 Å². The van der Waals surface area contributed by atoms with Gasteiger partial charge in [0.2, 0.25) is 11.5 Å². The predicted octanol–water partition coefficient (Wildman–Crippen LogP) is 5.69. The normalized spacial score (nSPS) is 14.4. The highest BCUT2D eigenvalue weighted by atomic mass is 16.5. The Hall–Kier alpha value is -3.08. The third-order valence-corrected chi connectivity index (χ3v) is 6.35. The summed E-state index contributed by atoms with van der Waals surface area (Å²) in [6.07, 6.45) is 8.80. The van der Waals surface area contributed by atoms with Gasteiger partial charge in [-0.1, -0.05) is 50.3 Å². The Labute approximate surface area is 189 Å². The van der Waals surface area contributed by atoms with Crippen molar-refractivity contribution >= 4 is 22.5 Å². The molecule has 0 radical (unpaired) electrons. The third-order valence-electron chi connectivity index (χ3n) is 6.35. The molecule has 1 aliphatic rings. The van der Waals surface area contributed by atoms with Gasteiger partial charge < -0.3 is 14.6 Å². The molecule has 1 N–H and O–H groups in total. The Kier molecular flexibility index (Phi) is 7.59. The second-order valence-electron chi connectivity index (χ2n) is 8.70. The number of para-hydroxylation sites is 1. The molecular formula is C27H32N2O3. The molecule has 2 aromatic carbocycles. The Morgan fingerprint density at radius 1 is 1.00 bits per heavy atom. The van der Waals surface area contributed by atoms with Crippen molar-refractivity contribution in [3.05, 3.63) is 71.0 Å². The number of H-pyrrole nitrogens is 1. The molecule has 5 nitrogen and oxygen atoms in total. The van der Waals surface area contributed by atoms with Crippen molar-refractivity contribution in [2.75, 3.05) is 18.1 Å². The molecule has 5 heteroatoms. The second kappa shape index (κ2) is 11.0. The van der Waals surface area contributed by atoms with Gasteiger partial charge in [-0.25, -0.2) is 0 Å². The Balaban J connectivity index is 1.30. The highest BCUT2D eigenvalue weighted by molar-refractivity contribution is 5.93. The number of hydrogen-bond acceptors (Lipinski definition) is 3. The SMILES string of the molecule is O=C(CCCOc1ccc2[nH]c(=O)ccc2c1)N(CCC1CCCCC1)c1ccccc1. The van der Waals surface area contributed by atoms with Crippen LogP contribution in [0.1, 0.15) is 51.4 Å². The second-order valence-corrected chi connectivity index (χ2v) is 8.70. The van der Waals surface area contributed by atoms with Crippen LogP contribution < -0.4 is 15.2 Å². The first-order valence-electron chi connectivity index (χ1n) is 11.8. The lowest BCUT2D eigenvalue weighted by Gasteiger charge is -2.27. The number of anilines is 1. The van der Waals surface area contributed by atoms with Crippen LogP contribution in [0.3, 0.4) is 0 Å². The van der Waals surface area contributed by atoms with Gasteiger partial charge in [0.05, 0.1) is 6.61 Å². The number of ether oxygens (including phenoxy) is 1. The minimum atomic E-state index is -0.115. The molecule has 1 amide bonds. The van der Waals surface area contributed by atoms with E-state index in [-0.39, 0.29) is 11.5 Å². The molecule has 1 aliphatic carbocycles. The van der Waals surface area contributed by atoms with Crippen LogP contribution in [0.25, 0.3) is 10.9 Å². The van der Waals surface area contributed by atoms with Gasteiger partial charge in [0.25, 0.3) is 0 Å². The van der Waals surface area contributed by atoms with E-state index in [1.165, 1.54) is 38.2 Å². The zero-order valence-corrected chi connectivity index (χ0v) is 18.6. The Morgan fingerprint density at radius 2 is 1.81 bits per heavy atom. The van der Waals surface area contributed by atoms with Crippen molar-refractivity contribution in [2.45, 2.75) is 51.4 Å². The number of carbonyl (C=O) groups excluding carboxylic acids is 1. The van der Waals surface area contributed by atoms with Crippen LogP contribution in [0, 0.1) is 5.92 Å². The standard InChI is InChI=1S/C27H32N2O3/c30-26-16-13-22-20-24(14-15-25(22)28-26)32-19-7-12-27(31)29(23-10-5-2-6-11-23)18-17-21-8-3-1-4-9-21/h2,5-6,10-11,13-16,20-21H,1,3-4,7-9,12,17-19H2,(H,28,30). The highest BCUT2D eigenvalue weighted by Gasteiger charge is 2.19. The molecule has 0 atom stereocenters. The maximum atomic E-state index is 13.1. The fourth-order valence-electron chi connectivity index (χ4n) is 4.56. The van der Waals surface area contributed by atoms with Crippen LogP contribution in [0.5, 0.6) is 5.75 Å². The number of benzene rings is 2. The number of aromatic amines is 1. The van der Waals surface area contributed by atoms with Gasteiger partial charge in [0.15, 0.2) is 0 Å². The van der Waals surface area contributed by atoms with Crippen LogP contribution in [-0.4, -0.2) is 24.0 Å². The van der Waals surface area contributed by atoms with Gasteiger partial charge in [-0.3, -0.25) is 9.59 Å². The van der Waals surface area contributed by atoms with Gasteiger partial charge in [-0.15, -0.1) is 0 Å². The zero-order valence-electron chi connectivity index (χ0n) is 18.6. The molecule has 0 bridgehead atoms. The number of hydrogen-bond donors (Lipinski definition) is 1. The summed E-state index contributed by atoms with van der Waals surface area (Å²) >= 11 is 0. The van der Waals surface area contributed by atoms with Crippen molar-refractivity contribution in [1.29, 1.82) is 0 Å². The summed E-state index contributed by atoms with van der Waals surface area (Å²) in [5, 5.41) is 0.927. The largest absolute Gasteiger partial charge is 0.494 e. The Morgan fingerprint density at radius 3 is 2.62 bits per heavy atom. The summed E-state index contributed by atoms with van der Waals surface area (Å²) in [6, 6.07) is 18.9. The van der Waals surface area contributed by atoms with Crippen LogP contribution in [0.2, 0.25) is 0 Å². The minimum Gasteiger partial charge on any atom is -0.494 e. The minimum absolute atomic E-state index is 0.115. The topological polar surface area (TPSA) is 62.4 Å². The summed E-state index contributed by atoms with van der Waals surface area (Å²) < 4.78 is 5.87. The van der Waals surface area contributed by atoms with E-state index >= 15 is 0 Å². The molecule has 32 heavy (non-hydrogen) atoms. The molecule has 0 saturated heterocycles. The maximum absolute atomic E-state index is 13.1. The van der Waals surface area contributed by atoms with E-state index in [1.807, 2.05) is 53.4 Å². The van der Waals surface area contributed by atoms with E-state index in [0.717, 1.165) is 41.2 Å². The summed E-state index contributed by atoms with van der Waals surface area (Å²) in [7, 11) is 0. The first-order chi connectivity index (χ1) is 15.7. The van der Waals surface area contributed by atoms with E-state index in [2.05, 4.69) is 4.98 Å².